The summed E-state index contributed by atoms with van der Waals surface area (Å²) in [5.74, 6) is 0.355. The van der Waals surface area contributed by atoms with Gasteiger partial charge in [0.1, 0.15) is 4.88 Å². The maximum absolute atomic E-state index is 12.8. The van der Waals surface area contributed by atoms with Crippen molar-refractivity contribution in [3.05, 3.63) is 70.2 Å². The average molecular weight is 406 g/mol. The van der Waals surface area contributed by atoms with Crippen LogP contribution < -0.4 is 10.6 Å². The van der Waals surface area contributed by atoms with Crippen LogP contribution in [0.3, 0.4) is 0 Å². The van der Waals surface area contributed by atoms with E-state index in [4.69, 9.17) is 0 Å². The monoisotopic (exact) mass is 405 g/mol. The molecule has 0 aliphatic carbocycles. The van der Waals surface area contributed by atoms with Gasteiger partial charge in [0, 0.05) is 35.3 Å². The standard InChI is InChI=1S/C22H23N5OS/c1-22(2,3)18-12-19(27-26-18)25-21(28)20-17(9-11-29-20)24-13-14-8-10-23-16-7-5-4-6-15(14)16/h4-12,24H,13H2,1-3H3,(H2,25,26,27,28). The number of benzene rings is 1. The summed E-state index contributed by atoms with van der Waals surface area (Å²) >= 11 is 1.40. The van der Waals surface area contributed by atoms with Gasteiger partial charge in [0.15, 0.2) is 5.82 Å². The van der Waals surface area contributed by atoms with Crippen LogP contribution in [0.25, 0.3) is 10.9 Å². The van der Waals surface area contributed by atoms with Crippen molar-refractivity contribution in [3.63, 3.8) is 0 Å². The summed E-state index contributed by atoms with van der Waals surface area (Å²) in [6.45, 7) is 6.89. The minimum absolute atomic E-state index is 0.0566. The molecule has 7 heteroatoms. The fraction of sp³-hybridized carbons (Fsp3) is 0.227. The van der Waals surface area contributed by atoms with E-state index in [0.29, 0.717) is 17.2 Å². The zero-order valence-electron chi connectivity index (χ0n) is 16.6. The lowest BCUT2D eigenvalue weighted by atomic mass is 9.92. The van der Waals surface area contributed by atoms with E-state index >= 15 is 0 Å². The molecule has 0 bridgehead atoms. The molecule has 0 atom stereocenters. The first-order valence-corrected chi connectivity index (χ1v) is 10.3. The summed E-state index contributed by atoms with van der Waals surface area (Å²) in [7, 11) is 0. The molecule has 0 radical (unpaired) electrons. The minimum Gasteiger partial charge on any atom is -0.380 e. The van der Waals surface area contributed by atoms with Gasteiger partial charge in [-0.1, -0.05) is 39.0 Å². The summed E-state index contributed by atoms with van der Waals surface area (Å²) in [6.07, 6.45) is 1.81. The lowest BCUT2D eigenvalue weighted by Crippen LogP contribution is -2.13. The molecule has 6 nitrogen and oxygen atoms in total. The van der Waals surface area contributed by atoms with Crippen molar-refractivity contribution in [1.82, 2.24) is 15.2 Å². The van der Waals surface area contributed by atoms with E-state index < -0.39 is 0 Å². The van der Waals surface area contributed by atoms with Gasteiger partial charge in [-0.05, 0) is 29.1 Å². The van der Waals surface area contributed by atoms with Crippen LogP contribution in [-0.4, -0.2) is 21.1 Å². The molecule has 0 saturated carbocycles. The number of nitrogens with zero attached hydrogens (tertiary/aromatic N) is 2. The van der Waals surface area contributed by atoms with Crippen LogP contribution in [0.15, 0.2) is 54.0 Å². The topological polar surface area (TPSA) is 82.7 Å². The predicted octanol–water partition coefficient (Wildman–Crippen LogP) is 5.18. The molecule has 0 spiro atoms. The third-order valence-corrected chi connectivity index (χ3v) is 5.62. The summed E-state index contributed by atoms with van der Waals surface area (Å²) in [5, 5.41) is 16.5. The summed E-state index contributed by atoms with van der Waals surface area (Å²) < 4.78 is 0. The number of hydrogen-bond acceptors (Lipinski definition) is 5. The van der Waals surface area contributed by atoms with Crippen LogP contribution in [0.2, 0.25) is 0 Å². The van der Waals surface area contributed by atoms with Crippen molar-refractivity contribution in [3.8, 4) is 0 Å². The molecule has 0 saturated heterocycles. The fourth-order valence-corrected chi connectivity index (χ4v) is 3.83. The van der Waals surface area contributed by atoms with Gasteiger partial charge in [-0.15, -0.1) is 11.3 Å². The highest BCUT2D eigenvalue weighted by Crippen LogP contribution is 2.26. The number of aromatic amines is 1. The maximum Gasteiger partial charge on any atom is 0.269 e. The van der Waals surface area contributed by atoms with Crippen LogP contribution in [0.1, 0.15) is 41.7 Å². The second-order valence-corrected chi connectivity index (χ2v) is 8.79. The first-order valence-electron chi connectivity index (χ1n) is 9.43. The van der Waals surface area contributed by atoms with Crippen molar-refractivity contribution in [2.45, 2.75) is 32.7 Å². The van der Waals surface area contributed by atoms with Crippen molar-refractivity contribution in [2.24, 2.45) is 0 Å². The first-order chi connectivity index (χ1) is 13.9. The summed E-state index contributed by atoms with van der Waals surface area (Å²) in [6, 6.07) is 13.8. The Morgan fingerprint density at radius 2 is 2.00 bits per heavy atom. The Hall–Kier alpha value is -3.19. The van der Waals surface area contributed by atoms with Crippen molar-refractivity contribution in [2.75, 3.05) is 10.6 Å². The number of thiophene rings is 1. The van der Waals surface area contributed by atoms with Gasteiger partial charge in [0.05, 0.1) is 11.2 Å². The number of H-pyrrole nitrogens is 1. The van der Waals surface area contributed by atoms with Gasteiger partial charge in [-0.3, -0.25) is 14.9 Å². The Kier molecular flexibility index (Phi) is 5.07. The zero-order valence-corrected chi connectivity index (χ0v) is 17.4. The number of amides is 1. The lowest BCUT2D eigenvalue weighted by Gasteiger charge is -2.14. The fourth-order valence-electron chi connectivity index (χ4n) is 3.07. The quantitative estimate of drug-likeness (QED) is 0.427. The number of carbonyl (C=O) groups excluding carboxylic acids is 1. The molecule has 1 amide bonds. The second-order valence-electron chi connectivity index (χ2n) is 7.88. The number of fused-ring (bicyclic) bond motifs is 1. The third kappa shape index (κ3) is 4.14. The Bertz CT molecular complexity index is 1150. The van der Waals surface area contributed by atoms with E-state index in [-0.39, 0.29) is 11.3 Å². The van der Waals surface area contributed by atoms with Gasteiger partial charge in [-0.2, -0.15) is 5.10 Å². The van der Waals surface area contributed by atoms with E-state index in [9.17, 15) is 4.79 Å². The summed E-state index contributed by atoms with van der Waals surface area (Å²) in [5.41, 5.74) is 3.82. The second kappa shape index (κ2) is 7.67. The largest absolute Gasteiger partial charge is 0.380 e. The van der Waals surface area contributed by atoms with Gasteiger partial charge in [0.2, 0.25) is 0 Å². The van der Waals surface area contributed by atoms with Crippen LogP contribution in [0.5, 0.6) is 0 Å². The number of pyridine rings is 1. The van der Waals surface area contributed by atoms with Gasteiger partial charge in [-0.25, -0.2) is 0 Å². The number of para-hydroxylation sites is 1. The molecule has 4 rings (SSSR count). The zero-order chi connectivity index (χ0) is 20.4. The Labute approximate surface area is 173 Å². The van der Waals surface area contributed by atoms with E-state index in [1.54, 1.807) is 0 Å². The highest BCUT2D eigenvalue weighted by molar-refractivity contribution is 7.12. The van der Waals surface area contributed by atoms with Crippen molar-refractivity contribution >= 4 is 39.7 Å². The normalized spacial score (nSPS) is 11.6. The van der Waals surface area contributed by atoms with Crippen LogP contribution in [0.4, 0.5) is 11.5 Å². The Morgan fingerprint density at radius 1 is 1.17 bits per heavy atom. The molecular weight excluding hydrogens is 382 g/mol. The lowest BCUT2D eigenvalue weighted by molar-refractivity contribution is 0.103. The number of rotatable bonds is 5. The molecule has 0 fully saturated rings. The number of nitrogens with one attached hydrogen (secondary N) is 3. The van der Waals surface area contributed by atoms with E-state index in [2.05, 4.69) is 52.7 Å². The van der Waals surface area contributed by atoms with E-state index in [1.807, 2.05) is 48.0 Å². The molecule has 0 aliphatic heterocycles. The van der Waals surface area contributed by atoms with Gasteiger partial charge < -0.3 is 10.6 Å². The van der Waals surface area contributed by atoms with Crippen molar-refractivity contribution in [1.29, 1.82) is 0 Å². The number of hydrogen-bond donors (Lipinski definition) is 3. The Morgan fingerprint density at radius 3 is 2.79 bits per heavy atom. The Balaban J connectivity index is 1.48. The minimum atomic E-state index is -0.172. The van der Waals surface area contributed by atoms with Crippen LogP contribution in [-0.2, 0) is 12.0 Å². The van der Waals surface area contributed by atoms with E-state index in [0.717, 1.165) is 27.8 Å². The molecule has 1 aromatic carbocycles. The molecule has 29 heavy (non-hydrogen) atoms. The number of anilines is 2. The highest BCUT2D eigenvalue weighted by atomic mass is 32.1. The number of carbonyl (C=O) groups is 1. The first kappa shape index (κ1) is 19.1. The van der Waals surface area contributed by atoms with Crippen LogP contribution in [0, 0.1) is 0 Å². The smallest absolute Gasteiger partial charge is 0.269 e. The van der Waals surface area contributed by atoms with Crippen LogP contribution >= 0.6 is 11.3 Å². The third-order valence-electron chi connectivity index (χ3n) is 4.71. The molecule has 148 valence electrons. The molecule has 4 aromatic rings. The van der Waals surface area contributed by atoms with Crippen molar-refractivity contribution < 1.29 is 4.79 Å². The number of aromatic nitrogens is 3. The SMILES string of the molecule is CC(C)(C)c1cc(NC(=O)c2sccc2NCc2ccnc3ccccc23)n[nH]1. The van der Waals surface area contributed by atoms with E-state index in [1.165, 1.54) is 11.3 Å². The summed E-state index contributed by atoms with van der Waals surface area (Å²) in [4.78, 5) is 17.8. The molecule has 3 heterocycles. The van der Waals surface area contributed by atoms with Gasteiger partial charge >= 0.3 is 0 Å². The molecular formula is C22H23N5OS. The predicted molar refractivity (Wildman–Crippen MR) is 119 cm³/mol. The van der Waals surface area contributed by atoms with Gasteiger partial charge in [0.25, 0.3) is 5.91 Å². The molecule has 3 N–H and O–H groups in total. The molecule has 3 aromatic heterocycles. The highest BCUT2D eigenvalue weighted by Gasteiger charge is 2.19. The average Bonchev–Trinajstić information content (AvgIpc) is 3.35. The molecule has 0 unspecified atom stereocenters. The molecule has 0 aliphatic rings. The maximum atomic E-state index is 12.8.